The second-order valence-electron chi connectivity index (χ2n) is 4.71. The van der Waals surface area contributed by atoms with E-state index in [1.165, 1.54) is 16.7 Å². The van der Waals surface area contributed by atoms with E-state index in [0.29, 0.717) is 12.6 Å². The van der Waals surface area contributed by atoms with E-state index >= 15 is 0 Å². The fourth-order valence-corrected chi connectivity index (χ4v) is 2.59. The number of nitrogens with zero attached hydrogens (tertiary/aromatic N) is 2. The molecule has 0 aliphatic carbocycles. The van der Waals surface area contributed by atoms with E-state index in [4.69, 9.17) is 10.5 Å². The molecule has 0 spiro atoms. The molecule has 4 nitrogen and oxygen atoms in total. The molecule has 18 heavy (non-hydrogen) atoms. The van der Waals surface area contributed by atoms with Crippen LogP contribution < -0.4 is 5.73 Å². The van der Waals surface area contributed by atoms with E-state index in [1.807, 2.05) is 0 Å². The van der Waals surface area contributed by atoms with E-state index in [-0.39, 0.29) is 6.04 Å². The number of ether oxygens (including phenoxy) is 1. The summed E-state index contributed by atoms with van der Waals surface area (Å²) in [5.41, 5.74) is 9.91. The fourth-order valence-electron chi connectivity index (χ4n) is 2.59. The molecule has 1 aliphatic heterocycles. The number of methoxy groups -OCH3 is 1. The number of aliphatic imine (C=N–C) groups is 1. The first kappa shape index (κ1) is 12.9. The van der Waals surface area contributed by atoms with Crippen LogP contribution in [0.4, 0.5) is 0 Å². The van der Waals surface area contributed by atoms with E-state index in [1.54, 1.807) is 7.11 Å². The standard InChI is InChI=1S/C14H21N3O/c1-10-5-4-6-11(2)13(10)12-9-16-14(15)17(12)7-8-18-3/h4-6,12H,7-9H2,1-3H3,(H2,15,16). The third-order valence-electron chi connectivity index (χ3n) is 3.51. The summed E-state index contributed by atoms with van der Waals surface area (Å²) in [4.78, 5) is 6.51. The van der Waals surface area contributed by atoms with Crippen LogP contribution >= 0.6 is 0 Å². The molecule has 2 N–H and O–H groups in total. The summed E-state index contributed by atoms with van der Waals surface area (Å²) >= 11 is 0. The summed E-state index contributed by atoms with van der Waals surface area (Å²) in [6, 6.07) is 6.63. The maximum atomic E-state index is 5.97. The minimum absolute atomic E-state index is 0.251. The third-order valence-corrected chi connectivity index (χ3v) is 3.51. The summed E-state index contributed by atoms with van der Waals surface area (Å²) in [6.45, 7) is 6.47. The lowest BCUT2D eigenvalue weighted by Crippen LogP contribution is -2.38. The molecule has 4 heteroatoms. The van der Waals surface area contributed by atoms with Crippen LogP contribution in [-0.4, -0.2) is 37.7 Å². The topological polar surface area (TPSA) is 50.9 Å². The number of rotatable bonds is 4. The molecule has 1 unspecified atom stereocenters. The van der Waals surface area contributed by atoms with Crippen molar-refractivity contribution < 1.29 is 4.74 Å². The van der Waals surface area contributed by atoms with Crippen LogP contribution in [-0.2, 0) is 4.74 Å². The molecule has 0 saturated heterocycles. The molecule has 0 aromatic heterocycles. The van der Waals surface area contributed by atoms with Crippen LogP contribution in [0.2, 0.25) is 0 Å². The molecule has 1 aromatic carbocycles. The Morgan fingerprint density at radius 2 is 2.06 bits per heavy atom. The van der Waals surface area contributed by atoms with Crippen LogP contribution in [0.15, 0.2) is 23.2 Å². The number of guanidine groups is 1. The van der Waals surface area contributed by atoms with Gasteiger partial charge in [0, 0.05) is 13.7 Å². The van der Waals surface area contributed by atoms with Gasteiger partial charge in [0.05, 0.1) is 19.2 Å². The van der Waals surface area contributed by atoms with Crippen molar-refractivity contribution in [2.45, 2.75) is 19.9 Å². The molecule has 0 fully saturated rings. The zero-order valence-electron chi connectivity index (χ0n) is 11.3. The molecule has 98 valence electrons. The van der Waals surface area contributed by atoms with Crippen molar-refractivity contribution in [3.8, 4) is 0 Å². The summed E-state index contributed by atoms with van der Waals surface area (Å²) in [5.74, 6) is 0.625. The Kier molecular flexibility index (Phi) is 3.87. The van der Waals surface area contributed by atoms with Crippen molar-refractivity contribution in [3.63, 3.8) is 0 Å². The molecular formula is C14H21N3O. The van der Waals surface area contributed by atoms with Gasteiger partial charge in [-0.15, -0.1) is 0 Å². The van der Waals surface area contributed by atoms with Gasteiger partial charge in [0.1, 0.15) is 0 Å². The minimum Gasteiger partial charge on any atom is -0.383 e. The Hall–Kier alpha value is -1.55. The van der Waals surface area contributed by atoms with Crippen molar-refractivity contribution in [3.05, 3.63) is 34.9 Å². The number of aryl methyl sites for hydroxylation is 2. The highest BCUT2D eigenvalue weighted by molar-refractivity contribution is 5.80. The normalized spacial score (nSPS) is 19.2. The fraction of sp³-hybridized carbons (Fsp3) is 0.500. The Balaban J connectivity index is 2.27. The maximum absolute atomic E-state index is 5.97. The number of benzene rings is 1. The zero-order chi connectivity index (χ0) is 13.1. The van der Waals surface area contributed by atoms with Crippen LogP contribution in [0.3, 0.4) is 0 Å². The number of nitrogens with two attached hydrogens (primary N) is 1. The second kappa shape index (κ2) is 5.40. The monoisotopic (exact) mass is 247 g/mol. The van der Waals surface area contributed by atoms with Gasteiger partial charge in [0.2, 0.25) is 0 Å². The van der Waals surface area contributed by atoms with E-state index in [0.717, 1.165) is 13.1 Å². The lowest BCUT2D eigenvalue weighted by molar-refractivity contribution is 0.166. The molecule has 1 aromatic rings. The van der Waals surface area contributed by atoms with Gasteiger partial charge in [-0.2, -0.15) is 0 Å². The van der Waals surface area contributed by atoms with Crippen LogP contribution in [0, 0.1) is 13.8 Å². The van der Waals surface area contributed by atoms with Gasteiger partial charge < -0.3 is 15.4 Å². The van der Waals surface area contributed by atoms with Crippen molar-refractivity contribution in [1.29, 1.82) is 0 Å². The summed E-state index contributed by atoms with van der Waals surface area (Å²) in [6.07, 6.45) is 0. The predicted molar refractivity (Wildman–Crippen MR) is 73.7 cm³/mol. The van der Waals surface area contributed by atoms with Crippen molar-refractivity contribution in [2.75, 3.05) is 26.8 Å². The van der Waals surface area contributed by atoms with Gasteiger partial charge in [-0.05, 0) is 30.5 Å². The number of hydrogen-bond acceptors (Lipinski definition) is 4. The van der Waals surface area contributed by atoms with E-state index < -0.39 is 0 Å². The van der Waals surface area contributed by atoms with Gasteiger partial charge in [-0.1, -0.05) is 18.2 Å². The molecule has 0 amide bonds. The summed E-state index contributed by atoms with van der Waals surface area (Å²) in [5, 5.41) is 0. The van der Waals surface area contributed by atoms with Crippen LogP contribution in [0.5, 0.6) is 0 Å². The highest BCUT2D eigenvalue weighted by Crippen LogP contribution is 2.30. The first-order valence-corrected chi connectivity index (χ1v) is 6.26. The SMILES string of the molecule is COCCN1C(N)=NCC1c1c(C)cccc1C. The summed E-state index contributed by atoms with van der Waals surface area (Å²) in [7, 11) is 1.71. The molecule has 1 atom stereocenters. The Labute approximate surface area is 108 Å². The lowest BCUT2D eigenvalue weighted by atomic mass is 9.95. The molecule has 0 bridgehead atoms. The molecule has 1 aliphatic rings. The van der Waals surface area contributed by atoms with Crippen LogP contribution in [0.25, 0.3) is 0 Å². The maximum Gasteiger partial charge on any atom is 0.192 e. The second-order valence-corrected chi connectivity index (χ2v) is 4.71. The highest BCUT2D eigenvalue weighted by atomic mass is 16.5. The third kappa shape index (κ3) is 2.34. The molecule has 0 saturated carbocycles. The first-order chi connectivity index (χ1) is 8.65. The van der Waals surface area contributed by atoms with Crippen molar-refractivity contribution >= 4 is 5.96 Å². The molecule has 0 radical (unpaired) electrons. The van der Waals surface area contributed by atoms with Gasteiger partial charge in [0.25, 0.3) is 0 Å². The van der Waals surface area contributed by atoms with Gasteiger partial charge in [-0.3, -0.25) is 4.99 Å². The smallest absolute Gasteiger partial charge is 0.192 e. The van der Waals surface area contributed by atoms with Crippen LogP contribution in [0.1, 0.15) is 22.7 Å². The van der Waals surface area contributed by atoms with Crippen molar-refractivity contribution in [1.82, 2.24) is 4.90 Å². The summed E-state index contributed by atoms with van der Waals surface area (Å²) < 4.78 is 5.14. The lowest BCUT2D eigenvalue weighted by Gasteiger charge is -2.28. The predicted octanol–water partition coefficient (Wildman–Crippen LogP) is 1.62. The Bertz CT molecular complexity index is 436. The average molecular weight is 247 g/mol. The van der Waals surface area contributed by atoms with Crippen molar-refractivity contribution in [2.24, 2.45) is 10.7 Å². The Morgan fingerprint density at radius 3 is 2.67 bits per heavy atom. The van der Waals surface area contributed by atoms with E-state index in [9.17, 15) is 0 Å². The zero-order valence-corrected chi connectivity index (χ0v) is 11.3. The number of hydrogen-bond donors (Lipinski definition) is 1. The van der Waals surface area contributed by atoms with Gasteiger partial charge >= 0.3 is 0 Å². The molecular weight excluding hydrogens is 226 g/mol. The molecule has 2 rings (SSSR count). The Morgan fingerprint density at radius 1 is 1.39 bits per heavy atom. The average Bonchev–Trinajstić information content (AvgIpc) is 2.68. The first-order valence-electron chi connectivity index (χ1n) is 6.26. The minimum atomic E-state index is 0.251. The quantitative estimate of drug-likeness (QED) is 0.879. The largest absolute Gasteiger partial charge is 0.383 e. The van der Waals surface area contributed by atoms with E-state index in [2.05, 4.69) is 41.9 Å². The van der Waals surface area contributed by atoms with Gasteiger partial charge in [-0.25, -0.2) is 0 Å². The van der Waals surface area contributed by atoms with Gasteiger partial charge in [0.15, 0.2) is 5.96 Å². The highest BCUT2D eigenvalue weighted by Gasteiger charge is 2.28. The molecule has 1 heterocycles.